The number of ether oxygens (including phenoxy) is 2. The van der Waals surface area contributed by atoms with Gasteiger partial charge in [-0.1, -0.05) is 35.0 Å². The monoisotopic (exact) mass is 272 g/mol. The van der Waals surface area contributed by atoms with Crippen LogP contribution >= 0.6 is 15.9 Å². The van der Waals surface area contributed by atoms with Gasteiger partial charge in [-0.2, -0.15) is 0 Å². The third-order valence-electron chi connectivity index (χ3n) is 2.34. The number of rotatable bonds is 6. The molecule has 0 saturated heterocycles. The van der Waals surface area contributed by atoms with Gasteiger partial charge in [0.15, 0.2) is 11.5 Å². The van der Waals surface area contributed by atoms with Crippen LogP contribution in [0.2, 0.25) is 0 Å². The Morgan fingerprint density at radius 2 is 1.93 bits per heavy atom. The van der Waals surface area contributed by atoms with Crippen LogP contribution in [0, 0.1) is 5.92 Å². The molecule has 0 bridgehead atoms. The Kier molecular flexibility index (Phi) is 5.54. The van der Waals surface area contributed by atoms with Crippen LogP contribution in [0.15, 0.2) is 24.3 Å². The second-order valence-corrected chi connectivity index (χ2v) is 4.04. The van der Waals surface area contributed by atoms with Crippen molar-refractivity contribution in [2.24, 2.45) is 5.92 Å². The quantitative estimate of drug-likeness (QED) is 0.738. The summed E-state index contributed by atoms with van der Waals surface area (Å²) < 4.78 is 10.9. The number of benzene rings is 1. The van der Waals surface area contributed by atoms with E-state index in [1.807, 2.05) is 24.3 Å². The molecular formula is C12H17BrO2. The molecule has 0 aliphatic rings. The van der Waals surface area contributed by atoms with Crippen molar-refractivity contribution in [2.45, 2.75) is 13.3 Å². The first-order valence-electron chi connectivity index (χ1n) is 5.13. The molecule has 1 atom stereocenters. The molecule has 1 aromatic rings. The van der Waals surface area contributed by atoms with Crippen molar-refractivity contribution in [2.75, 3.05) is 19.0 Å². The van der Waals surface area contributed by atoms with Crippen LogP contribution in [0.3, 0.4) is 0 Å². The maximum absolute atomic E-state index is 5.72. The predicted octanol–water partition coefficient (Wildman–Crippen LogP) is 3.50. The minimum Gasteiger partial charge on any atom is -0.493 e. The second kappa shape index (κ2) is 6.72. The van der Waals surface area contributed by atoms with E-state index in [9.17, 15) is 0 Å². The number of alkyl halides is 1. The van der Waals surface area contributed by atoms with Gasteiger partial charge in [-0.05, 0) is 18.6 Å². The fraction of sp³-hybridized carbons (Fsp3) is 0.500. The molecule has 0 N–H and O–H groups in total. The molecule has 84 valence electrons. The molecule has 15 heavy (non-hydrogen) atoms. The molecule has 0 aromatic heterocycles. The molecule has 2 nitrogen and oxygen atoms in total. The van der Waals surface area contributed by atoms with Crippen molar-refractivity contribution >= 4 is 15.9 Å². The summed E-state index contributed by atoms with van der Waals surface area (Å²) in [6, 6.07) is 7.73. The normalized spacial score (nSPS) is 12.2. The molecule has 3 heteroatoms. The van der Waals surface area contributed by atoms with E-state index in [1.54, 1.807) is 7.11 Å². The van der Waals surface area contributed by atoms with Gasteiger partial charge in [0.1, 0.15) is 0 Å². The number of hydrogen-bond donors (Lipinski definition) is 0. The van der Waals surface area contributed by atoms with Gasteiger partial charge in [-0.25, -0.2) is 0 Å². The summed E-state index contributed by atoms with van der Waals surface area (Å²) in [6.07, 6.45) is 1.11. The third-order valence-corrected chi connectivity index (χ3v) is 3.25. The zero-order valence-electron chi connectivity index (χ0n) is 9.20. The lowest BCUT2D eigenvalue weighted by Crippen LogP contribution is -2.12. The Morgan fingerprint density at radius 3 is 2.47 bits per heavy atom. The summed E-state index contributed by atoms with van der Waals surface area (Å²) in [6.45, 7) is 2.89. The lowest BCUT2D eigenvalue weighted by Gasteiger charge is -2.14. The molecule has 0 aliphatic carbocycles. The smallest absolute Gasteiger partial charge is 0.161 e. The average molecular weight is 273 g/mol. The van der Waals surface area contributed by atoms with E-state index in [1.165, 1.54) is 0 Å². The largest absolute Gasteiger partial charge is 0.493 e. The van der Waals surface area contributed by atoms with Crippen molar-refractivity contribution < 1.29 is 9.47 Å². The molecule has 1 aromatic carbocycles. The van der Waals surface area contributed by atoms with Gasteiger partial charge in [0.2, 0.25) is 0 Å². The molecule has 0 radical (unpaired) electrons. The Bertz CT molecular complexity index is 285. The molecule has 0 heterocycles. The molecular weight excluding hydrogens is 256 g/mol. The van der Waals surface area contributed by atoms with Gasteiger partial charge in [-0.15, -0.1) is 0 Å². The zero-order chi connectivity index (χ0) is 11.1. The Labute approximate surface area is 99.7 Å². The maximum atomic E-state index is 5.72. The average Bonchev–Trinajstić information content (AvgIpc) is 2.31. The fourth-order valence-corrected chi connectivity index (χ4v) is 1.86. The Hall–Kier alpha value is -0.700. The Balaban J connectivity index is 2.56. The second-order valence-electron chi connectivity index (χ2n) is 3.39. The van der Waals surface area contributed by atoms with E-state index < -0.39 is 0 Å². The lowest BCUT2D eigenvalue weighted by atomic mass is 10.1. The molecule has 0 fully saturated rings. The molecule has 1 unspecified atom stereocenters. The van der Waals surface area contributed by atoms with Crippen LogP contribution in [-0.2, 0) is 0 Å². The zero-order valence-corrected chi connectivity index (χ0v) is 10.8. The summed E-state index contributed by atoms with van der Waals surface area (Å²) in [5, 5.41) is 0.971. The first kappa shape index (κ1) is 12.4. The summed E-state index contributed by atoms with van der Waals surface area (Å²) in [7, 11) is 1.66. The highest BCUT2D eigenvalue weighted by Crippen LogP contribution is 2.26. The van der Waals surface area contributed by atoms with Gasteiger partial charge in [0, 0.05) is 11.2 Å². The highest BCUT2D eigenvalue weighted by atomic mass is 79.9. The van der Waals surface area contributed by atoms with Gasteiger partial charge in [-0.3, -0.25) is 0 Å². The van der Waals surface area contributed by atoms with Crippen molar-refractivity contribution in [3.05, 3.63) is 24.3 Å². The van der Waals surface area contributed by atoms with E-state index in [2.05, 4.69) is 22.9 Å². The highest BCUT2D eigenvalue weighted by molar-refractivity contribution is 9.09. The first-order valence-corrected chi connectivity index (χ1v) is 6.25. The van der Waals surface area contributed by atoms with E-state index in [0.29, 0.717) is 5.92 Å². The van der Waals surface area contributed by atoms with Crippen LogP contribution in [0.4, 0.5) is 0 Å². The molecule has 0 saturated carbocycles. The van der Waals surface area contributed by atoms with E-state index in [4.69, 9.17) is 9.47 Å². The lowest BCUT2D eigenvalue weighted by molar-refractivity contribution is 0.247. The van der Waals surface area contributed by atoms with Crippen molar-refractivity contribution in [3.63, 3.8) is 0 Å². The number of para-hydroxylation sites is 2. The van der Waals surface area contributed by atoms with E-state index >= 15 is 0 Å². The minimum absolute atomic E-state index is 0.551. The standard InChI is InChI=1S/C12H17BrO2/c1-3-10(8-13)9-15-12-7-5-4-6-11(12)14-2/h4-7,10H,3,8-9H2,1-2H3. The molecule has 0 spiro atoms. The number of methoxy groups -OCH3 is 1. The van der Waals surface area contributed by atoms with Crippen LogP contribution in [0.5, 0.6) is 11.5 Å². The van der Waals surface area contributed by atoms with Crippen LogP contribution in [0.25, 0.3) is 0 Å². The molecule has 1 rings (SSSR count). The van der Waals surface area contributed by atoms with Crippen molar-refractivity contribution in [1.29, 1.82) is 0 Å². The van der Waals surface area contributed by atoms with Crippen LogP contribution in [0.1, 0.15) is 13.3 Å². The van der Waals surface area contributed by atoms with Crippen LogP contribution < -0.4 is 9.47 Å². The van der Waals surface area contributed by atoms with Crippen molar-refractivity contribution in [1.82, 2.24) is 0 Å². The van der Waals surface area contributed by atoms with E-state index in [0.717, 1.165) is 29.9 Å². The summed E-state index contributed by atoms with van der Waals surface area (Å²) in [5.41, 5.74) is 0. The van der Waals surface area contributed by atoms with Gasteiger partial charge in [0.05, 0.1) is 13.7 Å². The highest BCUT2D eigenvalue weighted by Gasteiger charge is 2.07. The Morgan fingerprint density at radius 1 is 1.27 bits per heavy atom. The summed E-state index contributed by atoms with van der Waals surface area (Å²) >= 11 is 3.47. The number of hydrogen-bond acceptors (Lipinski definition) is 2. The molecule has 0 amide bonds. The first-order chi connectivity index (χ1) is 7.31. The van der Waals surface area contributed by atoms with Gasteiger partial charge in [0.25, 0.3) is 0 Å². The maximum Gasteiger partial charge on any atom is 0.161 e. The predicted molar refractivity (Wildman–Crippen MR) is 66.1 cm³/mol. The summed E-state index contributed by atoms with van der Waals surface area (Å²) in [4.78, 5) is 0. The SMILES string of the molecule is CCC(CBr)COc1ccccc1OC. The van der Waals surface area contributed by atoms with Crippen molar-refractivity contribution in [3.8, 4) is 11.5 Å². The topological polar surface area (TPSA) is 18.5 Å². The summed E-state index contributed by atoms with van der Waals surface area (Å²) in [5.74, 6) is 2.16. The van der Waals surface area contributed by atoms with Gasteiger partial charge < -0.3 is 9.47 Å². The fourth-order valence-electron chi connectivity index (χ4n) is 1.22. The molecule has 0 aliphatic heterocycles. The van der Waals surface area contributed by atoms with Crippen LogP contribution in [-0.4, -0.2) is 19.0 Å². The van der Waals surface area contributed by atoms with Gasteiger partial charge >= 0.3 is 0 Å². The number of halogens is 1. The third kappa shape index (κ3) is 3.74. The van der Waals surface area contributed by atoms with E-state index in [-0.39, 0.29) is 0 Å². The minimum atomic E-state index is 0.551.